The summed E-state index contributed by atoms with van der Waals surface area (Å²) in [4.78, 5) is 26.9. The molecule has 4 heteroatoms. The quantitative estimate of drug-likeness (QED) is 0.421. The lowest BCUT2D eigenvalue weighted by Crippen LogP contribution is -2.22. The van der Waals surface area contributed by atoms with Gasteiger partial charge in [0.15, 0.2) is 5.78 Å². The number of aromatic nitrogens is 1. The molecule has 1 heterocycles. The van der Waals surface area contributed by atoms with Gasteiger partial charge in [0.1, 0.15) is 11.4 Å². The maximum atomic E-state index is 13.5. The third-order valence-electron chi connectivity index (χ3n) is 5.58. The number of aryl methyl sites for hydroxylation is 1. The molecule has 0 fully saturated rings. The van der Waals surface area contributed by atoms with Crippen molar-refractivity contribution in [2.45, 2.75) is 6.92 Å². The molecule has 1 aliphatic rings. The van der Waals surface area contributed by atoms with Gasteiger partial charge in [-0.05, 0) is 36.8 Å². The van der Waals surface area contributed by atoms with Crippen LogP contribution >= 0.6 is 0 Å². The Bertz CT molecular complexity index is 1300. The van der Waals surface area contributed by atoms with Crippen LogP contribution in [0.4, 0.5) is 0 Å². The first-order valence-electron chi connectivity index (χ1n) is 9.73. The number of hydrogen-bond donors (Lipinski definition) is 0. The minimum absolute atomic E-state index is 0.122. The van der Waals surface area contributed by atoms with Gasteiger partial charge in [0, 0.05) is 28.6 Å². The predicted molar refractivity (Wildman–Crippen MR) is 116 cm³/mol. The van der Waals surface area contributed by atoms with Gasteiger partial charge in [0.25, 0.3) is 0 Å². The average Bonchev–Trinajstić information content (AvgIpc) is 3.19. The standard InChI is InChI=1S/C26H19NO3/c1-16-7-9-17(10-8-16)22-15-27(18-11-13-19(30-2)14-12-18)24-23(22)25(28)20-5-3-4-6-21(20)26(24)29/h3-15H,1-2H3. The summed E-state index contributed by atoms with van der Waals surface area (Å²) >= 11 is 0. The van der Waals surface area contributed by atoms with E-state index in [9.17, 15) is 9.59 Å². The molecule has 0 saturated heterocycles. The topological polar surface area (TPSA) is 48.3 Å². The van der Waals surface area contributed by atoms with Crippen LogP contribution in [0.15, 0.2) is 79.0 Å². The maximum absolute atomic E-state index is 13.5. The lowest BCUT2D eigenvalue weighted by atomic mass is 9.85. The summed E-state index contributed by atoms with van der Waals surface area (Å²) in [6.07, 6.45) is 1.89. The number of ether oxygens (including phenoxy) is 1. The largest absolute Gasteiger partial charge is 0.497 e. The second kappa shape index (κ2) is 6.85. The molecular formula is C26H19NO3. The summed E-state index contributed by atoms with van der Waals surface area (Å²) in [5.74, 6) is 0.462. The fourth-order valence-electron chi connectivity index (χ4n) is 4.00. The molecule has 30 heavy (non-hydrogen) atoms. The van der Waals surface area contributed by atoms with Crippen LogP contribution in [0.25, 0.3) is 16.8 Å². The minimum atomic E-state index is -0.144. The Labute approximate surface area is 174 Å². The molecule has 1 aliphatic carbocycles. The van der Waals surface area contributed by atoms with Gasteiger partial charge in [0.05, 0.1) is 12.7 Å². The van der Waals surface area contributed by atoms with E-state index in [2.05, 4.69) is 0 Å². The summed E-state index contributed by atoms with van der Waals surface area (Å²) in [6, 6.07) is 22.5. The van der Waals surface area contributed by atoms with Gasteiger partial charge in [-0.25, -0.2) is 0 Å². The highest BCUT2D eigenvalue weighted by molar-refractivity contribution is 6.30. The van der Waals surface area contributed by atoms with Crippen LogP contribution in [-0.4, -0.2) is 23.2 Å². The van der Waals surface area contributed by atoms with E-state index in [0.29, 0.717) is 22.4 Å². The summed E-state index contributed by atoms with van der Waals surface area (Å²) in [7, 11) is 1.61. The van der Waals surface area contributed by atoms with Crippen molar-refractivity contribution in [3.63, 3.8) is 0 Å². The van der Waals surface area contributed by atoms with Crippen molar-refractivity contribution in [1.82, 2.24) is 4.57 Å². The van der Waals surface area contributed by atoms with Crippen molar-refractivity contribution >= 4 is 11.6 Å². The smallest absolute Gasteiger partial charge is 0.211 e. The zero-order valence-electron chi connectivity index (χ0n) is 16.7. The van der Waals surface area contributed by atoms with E-state index < -0.39 is 0 Å². The van der Waals surface area contributed by atoms with E-state index in [4.69, 9.17) is 4.74 Å². The Morgan fingerprint density at radius 1 is 0.733 bits per heavy atom. The van der Waals surface area contributed by atoms with Crippen molar-refractivity contribution in [3.8, 4) is 22.6 Å². The highest BCUT2D eigenvalue weighted by atomic mass is 16.5. The molecule has 0 bridgehead atoms. The number of carbonyl (C=O) groups excluding carboxylic acids is 2. The van der Waals surface area contributed by atoms with Crippen molar-refractivity contribution in [2.24, 2.45) is 0 Å². The first kappa shape index (κ1) is 18.1. The van der Waals surface area contributed by atoms with E-state index in [-0.39, 0.29) is 11.6 Å². The lowest BCUT2D eigenvalue weighted by molar-refractivity contribution is 0.0975. The molecule has 0 radical (unpaired) electrons. The molecular weight excluding hydrogens is 374 g/mol. The molecule has 0 N–H and O–H groups in total. The van der Waals surface area contributed by atoms with Gasteiger partial charge in [-0.15, -0.1) is 0 Å². The molecule has 146 valence electrons. The minimum Gasteiger partial charge on any atom is -0.497 e. The molecule has 0 unspecified atom stereocenters. The van der Waals surface area contributed by atoms with Gasteiger partial charge in [0.2, 0.25) is 5.78 Å². The van der Waals surface area contributed by atoms with Crippen LogP contribution < -0.4 is 4.74 Å². The van der Waals surface area contributed by atoms with E-state index in [1.807, 2.05) is 66.2 Å². The summed E-state index contributed by atoms with van der Waals surface area (Å²) in [5, 5.41) is 0. The normalized spacial score (nSPS) is 12.5. The molecule has 4 aromatic rings. The SMILES string of the molecule is COc1ccc(-n2cc(-c3ccc(C)cc3)c3c2C(=O)c2ccccc2C3=O)cc1. The van der Waals surface area contributed by atoms with Crippen LogP contribution in [0.3, 0.4) is 0 Å². The number of rotatable bonds is 3. The Kier molecular flexibility index (Phi) is 4.14. The van der Waals surface area contributed by atoms with Gasteiger partial charge in [-0.3, -0.25) is 9.59 Å². The number of hydrogen-bond acceptors (Lipinski definition) is 3. The molecule has 0 aliphatic heterocycles. The summed E-state index contributed by atoms with van der Waals surface area (Å²) < 4.78 is 7.08. The van der Waals surface area contributed by atoms with Gasteiger partial charge in [-0.2, -0.15) is 0 Å². The Morgan fingerprint density at radius 2 is 1.37 bits per heavy atom. The second-order valence-corrected chi connectivity index (χ2v) is 7.40. The van der Waals surface area contributed by atoms with Crippen molar-refractivity contribution in [1.29, 1.82) is 0 Å². The zero-order valence-corrected chi connectivity index (χ0v) is 16.7. The van der Waals surface area contributed by atoms with Gasteiger partial charge >= 0.3 is 0 Å². The van der Waals surface area contributed by atoms with E-state index >= 15 is 0 Å². The Morgan fingerprint density at radius 3 is 2.00 bits per heavy atom. The second-order valence-electron chi connectivity index (χ2n) is 7.40. The molecule has 5 rings (SSSR count). The van der Waals surface area contributed by atoms with Crippen LogP contribution in [0.2, 0.25) is 0 Å². The molecule has 0 saturated carbocycles. The van der Waals surface area contributed by atoms with Crippen molar-refractivity contribution < 1.29 is 14.3 Å². The predicted octanol–water partition coefficient (Wildman–Crippen LogP) is 5.24. The van der Waals surface area contributed by atoms with E-state index in [0.717, 1.165) is 28.1 Å². The fraction of sp³-hybridized carbons (Fsp3) is 0.0769. The molecule has 1 aromatic heterocycles. The first-order valence-corrected chi connectivity index (χ1v) is 9.73. The van der Waals surface area contributed by atoms with Crippen molar-refractivity contribution in [3.05, 3.63) is 107 Å². The third kappa shape index (κ3) is 2.69. The summed E-state index contributed by atoms with van der Waals surface area (Å²) in [5.41, 5.74) is 5.35. The molecule has 4 nitrogen and oxygen atoms in total. The average molecular weight is 393 g/mol. The number of nitrogens with zero attached hydrogens (tertiary/aromatic N) is 1. The van der Waals surface area contributed by atoms with E-state index in [1.165, 1.54) is 0 Å². The summed E-state index contributed by atoms with van der Waals surface area (Å²) in [6.45, 7) is 2.02. The molecule has 0 amide bonds. The number of ketones is 2. The van der Waals surface area contributed by atoms with Crippen LogP contribution in [0.1, 0.15) is 37.5 Å². The number of benzene rings is 3. The number of methoxy groups -OCH3 is 1. The highest BCUT2D eigenvalue weighted by Crippen LogP contribution is 2.37. The first-order chi connectivity index (χ1) is 14.6. The monoisotopic (exact) mass is 393 g/mol. The maximum Gasteiger partial charge on any atom is 0.211 e. The van der Waals surface area contributed by atoms with Crippen LogP contribution in [-0.2, 0) is 0 Å². The molecule has 3 aromatic carbocycles. The van der Waals surface area contributed by atoms with Gasteiger partial charge < -0.3 is 9.30 Å². The Hall–Kier alpha value is -3.92. The van der Waals surface area contributed by atoms with Crippen LogP contribution in [0, 0.1) is 6.92 Å². The lowest BCUT2D eigenvalue weighted by Gasteiger charge is -2.18. The van der Waals surface area contributed by atoms with Gasteiger partial charge in [-0.1, -0.05) is 54.1 Å². The number of carbonyl (C=O) groups is 2. The third-order valence-corrected chi connectivity index (χ3v) is 5.58. The zero-order chi connectivity index (χ0) is 20.8. The Balaban J connectivity index is 1.79. The van der Waals surface area contributed by atoms with Crippen molar-refractivity contribution in [2.75, 3.05) is 7.11 Å². The molecule has 0 atom stereocenters. The fourth-order valence-corrected chi connectivity index (χ4v) is 4.00. The number of fused-ring (bicyclic) bond motifs is 2. The van der Waals surface area contributed by atoms with E-state index in [1.54, 1.807) is 31.4 Å². The highest BCUT2D eigenvalue weighted by Gasteiger charge is 2.35. The van der Waals surface area contributed by atoms with Crippen LogP contribution in [0.5, 0.6) is 5.75 Å². The molecule has 0 spiro atoms.